The predicted octanol–water partition coefficient (Wildman–Crippen LogP) is 7.72. The van der Waals surface area contributed by atoms with Crippen molar-refractivity contribution >= 4 is 34.6 Å². The molecule has 3 heterocycles. The number of fused-ring (bicyclic) bond motifs is 2. The van der Waals surface area contributed by atoms with Crippen molar-refractivity contribution in [2.75, 3.05) is 46.1 Å². The van der Waals surface area contributed by atoms with E-state index < -0.39 is 83.3 Å². The minimum Gasteiger partial charge on any atom is -0.491 e. The molecule has 0 spiro atoms. The van der Waals surface area contributed by atoms with Crippen LogP contribution in [0.3, 0.4) is 0 Å². The van der Waals surface area contributed by atoms with Crippen molar-refractivity contribution < 1.29 is 55.7 Å². The molecule has 0 bridgehead atoms. The first kappa shape index (κ1) is 50.6. The second-order valence-electron chi connectivity index (χ2n) is 18.7. The van der Waals surface area contributed by atoms with E-state index in [0.29, 0.717) is 24.8 Å². The van der Waals surface area contributed by atoms with E-state index >= 15 is 8.78 Å². The Balaban J connectivity index is 0.840. The van der Waals surface area contributed by atoms with Crippen molar-refractivity contribution in [3.63, 3.8) is 0 Å². The van der Waals surface area contributed by atoms with Crippen molar-refractivity contribution in [3.05, 3.63) is 111 Å². The van der Waals surface area contributed by atoms with Crippen molar-refractivity contribution in [3.8, 4) is 16.2 Å². The number of aliphatic hydroxyl groups excluding tert-OH is 1. The maximum atomic E-state index is 15.9. The number of hydrogen-bond acceptors (Lipinski definition) is 10. The fourth-order valence-corrected chi connectivity index (χ4v) is 10.1. The first-order valence-electron chi connectivity index (χ1n) is 22.7. The monoisotopic (exact) mass is 967 g/mol. The number of β-amino-alcohol motifs (C(OH)–C–C–N with tert-alkyl or cyclic N) is 1. The van der Waals surface area contributed by atoms with Gasteiger partial charge in [0.25, 0.3) is 0 Å². The molecule has 0 saturated carbocycles. The topological polar surface area (TPSA) is 143 Å². The molecule has 0 unspecified atom stereocenters. The van der Waals surface area contributed by atoms with Gasteiger partial charge in [0, 0.05) is 56.5 Å². The van der Waals surface area contributed by atoms with Crippen LogP contribution in [0.25, 0.3) is 16.0 Å². The predicted molar refractivity (Wildman–Crippen MR) is 246 cm³/mol. The SMILES string of the molecule is Cc1ncsc1-c1ccc(CNC(=O)[C@@H]2C[C@@H](O)CN2C(=O)[C@@H](NC(=O)COCCCOCCOc2cc(F)c([C@@H]3C4=C(C[C@@H](C)N3CC(F)(F)F)c3ccccc3C4)c(F)c2)C(C)(C)C)cc1. The van der Waals surface area contributed by atoms with E-state index in [2.05, 4.69) is 15.6 Å². The summed E-state index contributed by atoms with van der Waals surface area (Å²) in [6, 6.07) is 13.3. The Morgan fingerprint density at radius 1 is 0.971 bits per heavy atom. The first-order valence-corrected chi connectivity index (χ1v) is 23.6. The number of aryl methyl sites for hydroxylation is 1. The zero-order valence-corrected chi connectivity index (χ0v) is 39.6. The summed E-state index contributed by atoms with van der Waals surface area (Å²) < 4.78 is 89.9. The molecule has 3 amide bonds. The third kappa shape index (κ3) is 12.1. The van der Waals surface area contributed by atoms with Crippen molar-refractivity contribution in [1.82, 2.24) is 25.4 Å². The molecule has 4 aromatic rings. The molecule has 0 radical (unpaired) electrons. The summed E-state index contributed by atoms with van der Waals surface area (Å²) in [7, 11) is 0. The Hall–Kier alpha value is -5.27. The second-order valence-corrected chi connectivity index (χ2v) is 19.5. The van der Waals surface area contributed by atoms with Gasteiger partial charge in [-0.2, -0.15) is 13.2 Å². The normalized spacial score (nSPS) is 20.0. The highest BCUT2D eigenvalue weighted by Gasteiger charge is 2.46. The number of carbonyl (C=O) groups is 3. The average Bonchev–Trinajstić information content (AvgIpc) is 4.00. The zero-order chi connectivity index (χ0) is 48.9. The lowest BCUT2D eigenvalue weighted by molar-refractivity contribution is -0.155. The Morgan fingerprint density at radius 2 is 1.68 bits per heavy atom. The molecule has 3 N–H and O–H groups in total. The van der Waals surface area contributed by atoms with E-state index in [-0.39, 0.29) is 58.3 Å². The number of nitrogens with one attached hydrogen (secondary N) is 2. The van der Waals surface area contributed by atoms with Crippen LogP contribution in [-0.4, -0.2) is 114 Å². The number of hydrogen-bond donors (Lipinski definition) is 3. The molecule has 68 heavy (non-hydrogen) atoms. The van der Waals surface area contributed by atoms with Gasteiger partial charge in [-0.1, -0.05) is 69.3 Å². The average molecular weight is 968 g/mol. The van der Waals surface area contributed by atoms with Crippen molar-refractivity contribution in [2.24, 2.45) is 5.41 Å². The Kier molecular flexibility index (Phi) is 16.1. The fraction of sp³-hybridized carbons (Fsp3) is 0.480. The molecule has 18 heteroatoms. The van der Waals surface area contributed by atoms with E-state index in [4.69, 9.17) is 14.2 Å². The molecule has 1 saturated heterocycles. The number of nitrogens with zero attached hydrogens (tertiary/aromatic N) is 3. The van der Waals surface area contributed by atoms with Crippen LogP contribution in [0.5, 0.6) is 5.75 Å². The van der Waals surface area contributed by atoms with Crippen molar-refractivity contribution in [1.29, 1.82) is 0 Å². The number of rotatable bonds is 18. The number of carbonyl (C=O) groups excluding carboxylic acids is 3. The molecule has 3 aromatic carbocycles. The number of amides is 3. The van der Waals surface area contributed by atoms with E-state index in [1.165, 1.54) is 4.90 Å². The molecular weight excluding hydrogens is 910 g/mol. The minimum atomic E-state index is -4.59. The number of thiazole rings is 1. The number of ether oxygens (including phenoxy) is 3. The van der Waals surface area contributed by atoms with Crippen LogP contribution in [0.15, 0.2) is 71.7 Å². The van der Waals surface area contributed by atoms with E-state index in [1.807, 2.05) is 55.5 Å². The molecule has 366 valence electrons. The van der Waals surface area contributed by atoms with Gasteiger partial charge in [-0.3, -0.25) is 19.3 Å². The summed E-state index contributed by atoms with van der Waals surface area (Å²) in [6.45, 7) is 7.71. The number of aliphatic hydroxyl groups is 1. The summed E-state index contributed by atoms with van der Waals surface area (Å²) in [4.78, 5) is 48.2. The van der Waals surface area contributed by atoms with E-state index in [1.54, 1.807) is 44.5 Å². The van der Waals surface area contributed by atoms with Crippen LogP contribution in [-0.2, 0) is 36.8 Å². The highest BCUT2D eigenvalue weighted by molar-refractivity contribution is 7.13. The lowest BCUT2D eigenvalue weighted by atomic mass is 9.84. The van der Waals surface area contributed by atoms with Crippen LogP contribution in [0.1, 0.15) is 80.9 Å². The standard InChI is InChI=1S/C50H58F5N5O7S/c1-29-19-37-36-10-7-6-9-33(36)20-38(37)44(60(29)27-50(53,54)55)43-39(51)22-35(23-40(43)52)67-18-17-65-15-8-16-66-26-42(62)58-46(49(3,4)5)48(64)59-25-34(61)21-41(59)47(63)56-24-31-11-13-32(14-12-31)45-30(2)57-28-68-45/h6-7,9-14,22-23,28-29,34,41,44,46,61H,8,15-21,24-27H2,1-5H3,(H,56,63)(H,58,62)/t29-,34-,41+,44+,46-/m1/s1. The van der Waals surface area contributed by atoms with Gasteiger partial charge in [0.05, 0.1) is 41.4 Å². The maximum absolute atomic E-state index is 15.9. The van der Waals surface area contributed by atoms with Gasteiger partial charge in [-0.05, 0) is 71.9 Å². The Morgan fingerprint density at radius 3 is 2.35 bits per heavy atom. The molecular formula is C50H58F5N5O7S. The van der Waals surface area contributed by atoms with Gasteiger partial charge >= 0.3 is 6.18 Å². The third-order valence-corrected chi connectivity index (χ3v) is 13.5. The number of likely N-dealkylation sites (tertiary alicyclic amines) is 1. The highest BCUT2D eigenvalue weighted by atomic mass is 32.1. The van der Waals surface area contributed by atoms with Crippen LogP contribution in [0.2, 0.25) is 0 Å². The number of aromatic nitrogens is 1. The highest BCUT2D eigenvalue weighted by Crippen LogP contribution is 2.50. The Labute approximate surface area is 396 Å². The van der Waals surface area contributed by atoms with Gasteiger partial charge < -0.3 is 34.9 Å². The van der Waals surface area contributed by atoms with E-state index in [0.717, 1.165) is 55.4 Å². The van der Waals surface area contributed by atoms with Crippen LogP contribution < -0.4 is 15.4 Å². The summed E-state index contributed by atoms with van der Waals surface area (Å²) in [5.41, 5.74) is 6.62. The first-order chi connectivity index (χ1) is 32.3. The molecule has 2 aliphatic heterocycles. The molecule has 5 atom stereocenters. The lowest BCUT2D eigenvalue weighted by Gasteiger charge is -2.42. The van der Waals surface area contributed by atoms with Gasteiger partial charge in [-0.25, -0.2) is 13.8 Å². The smallest absolute Gasteiger partial charge is 0.401 e. The van der Waals surface area contributed by atoms with Gasteiger partial charge in [0.1, 0.15) is 42.7 Å². The quantitative estimate of drug-likeness (QED) is 0.0676. The van der Waals surface area contributed by atoms with Gasteiger partial charge in [0.2, 0.25) is 17.7 Å². The molecule has 1 fully saturated rings. The van der Waals surface area contributed by atoms with E-state index in [9.17, 15) is 32.7 Å². The summed E-state index contributed by atoms with van der Waals surface area (Å²) in [5, 5.41) is 16.2. The number of benzene rings is 3. The van der Waals surface area contributed by atoms with Gasteiger partial charge in [0.15, 0.2) is 0 Å². The Bertz CT molecular complexity index is 2450. The maximum Gasteiger partial charge on any atom is 0.401 e. The molecule has 1 aliphatic carbocycles. The minimum absolute atomic E-state index is 0.0416. The van der Waals surface area contributed by atoms with Crippen LogP contribution >= 0.6 is 11.3 Å². The third-order valence-electron chi connectivity index (χ3n) is 12.5. The molecule has 7 rings (SSSR count). The fourth-order valence-electron chi connectivity index (χ4n) is 9.25. The lowest BCUT2D eigenvalue weighted by Crippen LogP contribution is -2.58. The van der Waals surface area contributed by atoms with Crippen LogP contribution in [0.4, 0.5) is 22.0 Å². The number of halogens is 5. The summed E-state index contributed by atoms with van der Waals surface area (Å²) >= 11 is 1.55. The van der Waals surface area contributed by atoms with Gasteiger partial charge in [-0.15, -0.1) is 11.3 Å². The summed E-state index contributed by atoms with van der Waals surface area (Å²) in [5.74, 6) is -3.61. The largest absolute Gasteiger partial charge is 0.491 e. The molecule has 3 aliphatic rings. The number of alkyl halides is 3. The molecule has 1 aromatic heterocycles. The zero-order valence-electron chi connectivity index (χ0n) is 38.8. The van der Waals surface area contributed by atoms with Crippen LogP contribution in [0, 0.1) is 24.0 Å². The molecule has 12 nitrogen and oxygen atoms in total. The summed E-state index contributed by atoms with van der Waals surface area (Å²) in [6.07, 6.45) is -4.45. The van der Waals surface area contributed by atoms with Crippen molar-refractivity contribution in [2.45, 2.75) is 103 Å². The second kappa shape index (κ2) is 21.6.